The number of hydrogen-bond acceptors (Lipinski definition) is 2. The van der Waals surface area contributed by atoms with Gasteiger partial charge in [0.15, 0.2) is 0 Å². The Bertz CT molecular complexity index is 245. The van der Waals surface area contributed by atoms with Crippen LogP contribution in [0.2, 0.25) is 0 Å². The molecule has 5 heteroatoms. The lowest BCUT2D eigenvalue weighted by atomic mass is 10.2. The number of rotatable bonds is 4. The molecular weight excluding hydrogens is 210 g/mol. The van der Waals surface area contributed by atoms with E-state index in [1.807, 2.05) is 0 Å². The first kappa shape index (κ1) is 12.2. The normalized spacial score (nSPS) is 20.3. The second-order valence-electron chi connectivity index (χ2n) is 3.84. The fraction of sp³-hybridized carbons (Fsp3) is 0.800. The summed E-state index contributed by atoms with van der Waals surface area (Å²) < 4.78 is 0. The van der Waals surface area contributed by atoms with E-state index in [9.17, 15) is 4.79 Å². The van der Waals surface area contributed by atoms with Crippen molar-refractivity contribution in [1.82, 2.24) is 10.2 Å². The Balaban J connectivity index is 2.40. The number of carbonyl (C=O) groups is 1. The molecule has 1 rings (SSSR count). The van der Waals surface area contributed by atoms with Crippen molar-refractivity contribution in [3.63, 3.8) is 0 Å². The maximum Gasteiger partial charge on any atom is 0.317 e. The third kappa shape index (κ3) is 3.34. The van der Waals surface area contributed by atoms with Gasteiger partial charge in [-0.15, -0.1) is 0 Å². The number of unbranched alkanes of at least 4 members (excludes halogenated alkanes) is 1. The first-order valence-corrected chi connectivity index (χ1v) is 5.91. The molecule has 3 N–H and O–H groups in total. The zero-order valence-electron chi connectivity index (χ0n) is 9.16. The lowest BCUT2D eigenvalue weighted by Crippen LogP contribution is -2.47. The highest BCUT2D eigenvalue weighted by molar-refractivity contribution is 7.80. The summed E-state index contributed by atoms with van der Waals surface area (Å²) in [6.45, 7) is 3.59. The van der Waals surface area contributed by atoms with Gasteiger partial charge in [0.1, 0.15) is 0 Å². The van der Waals surface area contributed by atoms with Crippen molar-refractivity contribution >= 4 is 23.2 Å². The monoisotopic (exact) mass is 229 g/mol. The molecule has 1 fully saturated rings. The number of nitrogens with one attached hydrogen (secondary N) is 1. The minimum Gasteiger partial charge on any atom is -0.392 e. The Kier molecular flexibility index (Phi) is 4.81. The van der Waals surface area contributed by atoms with Crippen LogP contribution >= 0.6 is 12.2 Å². The van der Waals surface area contributed by atoms with Gasteiger partial charge in [0, 0.05) is 13.1 Å². The SMILES string of the molecule is CCCCNC(=O)N1CCCC1C(N)=S. The van der Waals surface area contributed by atoms with E-state index >= 15 is 0 Å². The van der Waals surface area contributed by atoms with E-state index in [-0.39, 0.29) is 12.1 Å². The van der Waals surface area contributed by atoms with Crippen molar-refractivity contribution in [2.45, 2.75) is 38.6 Å². The number of carbonyl (C=O) groups excluding carboxylic acids is 1. The number of nitrogens with two attached hydrogens (primary N) is 1. The highest BCUT2D eigenvalue weighted by atomic mass is 32.1. The van der Waals surface area contributed by atoms with E-state index in [2.05, 4.69) is 12.2 Å². The molecule has 0 saturated carbocycles. The minimum atomic E-state index is -0.0402. The highest BCUT2D eigenvalue weighted by Crippen LogP contribution is 2.17. The average Bonchev–Trinajstić information content (AvgIpc) is 2.66. The number of nitrogens with zero attached hydrogens (tertiary/aromatic N) is 1. The van der Waals surface area contributed by atoms with Gasteiger partial charge in [0.05, 0.1) is 11.0 Å². The van der Waals surface area contributed by atoms with E-state index in [4.69, 9.17) is 18.0 Å². The van der Waals surface area contributed by atoms with Crippen LogP contribution in [0.15, 0.2) is 0 Å². The van der Waals surface area contributed by atoms with Gasteiger partial charge in [-0.3, -0.25) is 0 Å². The third-order valence-electron chi connectivity index (χ3n) is 2.65. The predicted octanol–water partition coefficient (Wildman–Crippen LogP) is 1.25. The van der Waals surface area contributed by atoms with Gasteiger partial charge in [-0.1, -0.05) is 25.6 Å². The maximum atomic E-state index is 11.7. The van der Waals surface area contributed by atoms with Gasteiger partial charge in [0.2, 0.25) is 0 Å². The first-order chi connectivity index (χ1) is 7.16. The number of thiocarbonyl (C=S) groups is 1. The Morgan fingerprint density at radius 2 is 2.40 bits per heavy atom. The molecule has 1 unspecified atom stereocenters. The Morgan fingerprint density at radius 3 is 3.00 bits per heavy atom. The Hall–Kier alpha value is -0.840. The van der Waals surface area contributed by atoms with Crippen LogP contribution in [-0.2, 0) is 0 Å². The van der Waals surface area contributed by atoms with E-state index < -0.39 is 0 Å². The minimum absolute atomic E-state index is 0.0289. The summed E-state index contributed by atoms with van der Waals surface area (Å²) in [5.41, 5.74) is 5.59. The summed E-state index contributed by atoms with van der Waals surface area (Å²) >= 11 is 4.94. The van der Waals surface area contributed by atoms with Crippen molar-refractivity contribution in [3.05, 3.63) is 0 Å². The molecule has 1 aliphatic rings. The Morgan fingerprint density at radius 1 is 1.67 bits per heavy atom. The standard InChI is InChI=1S/C10H19N3OS/c1-2-3-6-12-10(14)13-7-4-5-8(13)9(11)15/h8H,2-7H2,1H3,(H2,11,15)(H,12,14). The quantitative estimate of drug-likeness (QED) is 0.563. The molecule has 0 radical (unpaired) electrons. The van der Waals surface area contributed by atoms with Crippen molar-refractivity contribution in [2.24, 2.45) is 5.73 Å². The van der Waals surface area contributed by atoms with Crippen molar-refractivity contribution < 1.29 is 4.79 Å². The molecule has 0 spiro atoms. The predicted molar refractivity (Wildman–Crippen MR) is 64.8 cm³/mol. The van der Waals surface area contributed by atoms with Gasteiger partial charge >= 0.3 is 6.03 Å². The van der Waals surface area contributed by atoms with Crippen LogP contribution in [0.5, 0.6) is 0 Å². The summed E-state index contributed by atoms with van der Waals surface area (Å²) in [5.74, 6) is 0. The summed E-state index contributed by atoms with van der Waals surface area (Å²) in [5, 5.41) is 2.88. The van der Waals surface area contributed by atoms with Gasteiger partial charge in [-0.2, -0.15) is 0 Å². The zero-order valence-corrected chi connectivity index (χ0v) is 9.98. The van der Waals surface area contributed by atoms with Crippen LogP contribution in [0.25, 0.3) is 0 Å². The van der Waals surface area contributed by atoms with Crippen LogP contribution in [-0.4, -0.2) is 35.1 Å². The maximum absolute atomic E-state index is 11.7. The second kappa shape index (κ2) is 5.90. The van der Waals surface area contributed by atoms with Crippen LogP contribution in [0.3, 0.4) is 0 Å². The Labute approximate surface area is 96.2 Å². The molecule has 0 aromatic carbocycles. The fourth-order valence-corrected chi connectivity index (χ4v) is 2.02. The van der Waals surface area contributed by atoms with Crippen LogP contribution in [0, 0.1) is 0 Å². The zero-order chi connectivity index (χ0) is 11.3. The molecule has 4 nitrogen and oxygen atoms in total. The van der Waals surface area contributed by atoms with Gasteiger partial charge in [0.25, 0.3) is 0 Å². The lowest BCUT2D eigenvalue weighted by Gasteiger charge is -2.23. The third-order valence-corrected chi connectivity index (χ3v) is 2.92. The van der Waals surface area contributed by atoms with Crippen LogP contribution in [0.4, 0.5) is 4.79 Å². The molecule has 1 aliphatic heterocycles. The average molecular weight is 229 g/mol. The smallest absolute Gasteiger partial charge is 0.317 e. The highest BCUT2D eigenvalue weighted by Gasteiger charge is 2.30. The van der Waals surface area contributed by atoms with Crippen LogP contribution < -0.4 is 11.1 Å². The van der Waals surface area contributed by atoms with Crippen molar-refractivity contribution in [3.8, 4) is 0 Å². The largest absolute Gasteiger partial charge is 0.392 e. The first-order valence-electron chi connectivity index (χ1n) is 5.50. The summed E-state index contributed by atoms with van der Waals surface area (Å²) in [6, 6.07) is -0.0691. The van der Waals surface area contributed by atoms with Crippen LogP contribution in [0.1, 0.15) is 32.6 Å². The molecule has 1 saturated heterocycles. The number of likely N-dealkylation sites (tertiary alicyclic amines) is 1. The molecule has 15 heavy (non-hydrogen) atoms. The summed E-state index contributed by atoms with van der Waals surface area (Å²) in [4.78, 5) is 13.9. The van der Waals surface area contributed by atoms with E-state index in [1.54, 1.807) is 4.90 Å². The molecule has 1 atom stereocenters. The van der Waals surface area contributed by atoms with Crippen molar-refractivity contribution in [1.29, 1.82) is 0 Å². The molecule has 0 aromatic heterocycles. The van der Waals surface area contributed by atoms with Gasteiger partial charge in [-0.25, -0.2) is 4.79 Å². The number of hydrogen-bond donors (Lipinski definition) is 2. The topological polar surface area (TPSA) is 58.4 Å². The summed E-state index contributed by atoms with van der Waals surface area (Å²) in [7, 11) is 0. The number of urea groups is 1. The molecular formula is C10H19N3OS. The van der Waals surface area contributed by atoms with E-state index in [0.29, 0.717) is 4.99 Å². The second-order valence-corrected chi connectivity index (χ2v) is 4.31. The molecule has 1 heterocycles. The molecule has 0 bridgehead atoms. The molecule has 2 amide bonds. The molecule has 0 aromatic rings. The van der Waals surface area contributed by atoms with Gasteiger partial charge < -0.3 is 16.0 Å². The van der Waals surface area contributed by atoms with Crippen molar-refractivity contribution in [2.75, 3.05) is 13.1 Å². The fourth-order valence-electron chi connectivity index (χ4n) is 1.78. The number of amides is 2. The lowest BCUT2D eigenvalue weighted by molar-refractivity contribution is 0.203. The van der Waals surface area contributed by atoms with E-state index in [0.717, 1.165) is 38.8 Å². The van der Waals surface area contributed by atoms with E-state index in [1.165, 1.54) is 0 Å². The van der Waals surface area contributed by atoms with Gasteiger partial charge in [-0.05, 0) is 19.3 Å². The summed E-state index contributed by atoms with van der Waals surface area (Å²) in [6.07, 6.45) is 3.98. The molecule has 0 aliphatic carbocycles. The molecule has 86 valence electrons.